The van der Waals surface area contributed by atoms with Crippen LogP contribution < -0.4 is 4.90 Å². The molecule has 0 radical (unpaired) electrons. The fourth-order valence-electron chi connectivity index (χ4n) is 3.80. The van der Waals surface area contributed by atoms with Crippen LogP contribution in [0, 0.1) is 0 Å². The van der Waals surface area contributed by atoms with Gasteiger partial charge in [-0.05, 0) is 12.8 Å². The Balaban J connectivity index is 1.20. The lowest BCUT2D eigenvalue weighted by Crippen LogP contribution is -2.54. The van der Waals surface area contributed by atoms with Gasteiger partial charge < -0.3 is 14.5 Å². The number of rotatable bonds is 3. The zero-order chi connectivity index (χ0) is 16.4. The number of piperidine rings is 1. The van der Waals surface area contributed by atoms with Crippen molar-refractivity contribution in [3.63, 3.8) is 0 Å². The Hall–Kier alpha value is -1.34. The quantitative estimate of drug-likeness (QED) is 0.838. The number of hydrogen-bond acceptors (Lipinski definition) is 6. The fourth-order valence-corrected chi connectivity index (χ4v) is 4.48. The fraction of sp³-hybridized carbons (Fsp3) is 0.765. The third kappa shape index (κ3) is 3.52. The molecule has 0 N–H and O–H groups in total. The highest BCUT2D eigenvalue weighted by Crippen LogP contribution is 2.27. The summed E-state index contributed by atoms with van der Waals surface area (Å²) in [5.74, 6) is 0. The zero-order valence-corrected chi connectivity index (χ0v) is 14.9. The Morgan fingerprint density at radius 3 is 2.42 bits per heavy atom. The summed E-state index contributed by atoms with van der Waals surface area (Å²) in [5.41, 5.74) is 1.87. The predicted molar refractivity (Wildman–Crippen MR) is 94.6 cm³/mol. The van der Waals surface area contributed by atoms with Crippen molar-refractivity contribution in [3.05, 3.63) is 11.7 Å². The molecule has 24 heavy (non-hydrogen) atoms. The summed E-state index contributed by atoms with van der Waals surface area (Å²) >= 11 is 1.67. The lowest BCUT2D eigenvalue weighted by molar-refractivity contribution is 0.0231. The number of thiazole rings is 1. The van der Waals surface area contributed by atoms with Crippen molar-refractivity contribution in [1.82, 2.24) is 14.8 Å². The maximum atomic E-state index is 12.4. The van der Waals surface area contributed by atoms with Crippen LogP contribution in [0.5, 0.6) is 0 Å². The minimum Gasteiger partial charge on any atom is -0.446 e. The van der Waals surface area contributed by atoms with E-state index >= 15 is 0 Å². The maximum Gasteiger partial charge on any atom is 0.410 e. The molecule has 1 aromatic heterocycles. The monoisotopic (exact) mass is 350 g/mol. The van der Waals surface area contributed by atoms with Gasteiger partial charge in [-0.2, -0.15) is 0 Å². The lowest BCUT2D eigenvalue weighted by atomic mass is 9.91. The van der Waals surface area contributed by atoms with Crippen molar-refractivity contribution in [3.8, 4) is 0 Å². The summed E-state index contributed by atoms with van der Waals surface area (Å²) < 4.78 is 5.76. The van der Waals surface area contributed by atoms with E-state index in [0.717, 1.165) is 58.2 Å². The van der Waals surface area contributed by atoms with Crippen molar-refractivity contribution < 1.29 is 9.53 Å². The van der Waals surface area contributed by atoms with Gasteiger partial charge in [0.25, 0.3) is 0 Å². The molecule has 0 aromatic carbocycles. The number of carbonyl (C=O) groups is 1. The molecule has 0 unspecified atom stereocenters. The highest BCUT2D eigenvalue weighted by Gasteiger charge is 2.31. The molecule has 3 aliphatic rings. The molecular formula is C17H26N4O2S. The molecule has 3 heterocycles. The predicted octanol–water partition coefficient (Wildman–Crippen LogP) is 2.42. The van der Waals surface area contributed by atoms with Crippen LogP contribution in [0.1, 0.15) is 32.1 Å². The van der Waals surface area contributed by atoms with Crippen molar-refractivity contribution >= 4 is 22.4 Å². The Morgan fingerprint density at radius 2 is 1.83 bits per heavy atom. The van der Waals surface area contributed by atoms with Crippen molar-refractivity contribution in [2.24, 2.45) is 0 Å². The highest BCUT2D eigenvalue weighted by atomic mass is 32.1. The van der Waals surface area contributed by atoms with Crippen LogP contribution in [-0.2, 0) is 4.74 Å². The molecule has 7 heteroatoms. The van der Waals surface area contributed by atoms with E-state index in [0.29, 0.717) is 0 Å². The second kappa shape index (κ2) is 7.27. The average molecular weight is 350 g/mol. The number of nitrogens with zero attached hydrogens (tertiary/aromatic N) is 4. The van der Waals surface area contributed by atoms with Gasteiger partial charge in [0.05, 0.1) is 11.7 Å². The number of ether oxygens (including phenoxy) is 1. The Labute approximate surface area is 147 Å². The van der Waals surface area contributed by atoms with Crippen molar-refractivity contribution in [2.75, 3.05) is 44.2 Å². The van der Waals surface area contributed by atoms with Crippen molar-refractivity contribution in [2.45, 2.75) is 44.2 Å². The molecule has 0 spiro atoms. The first-order valence-corrected chi connectivity index (χ1v) is 10.0. The number of carbonyl (C=O) groups excluding carboxylic acids is 1. The van der Waals surface area contributed by atoms with E-state index < -0.39 is 0 Å². The molecule has 132 valence electrons. The van der Waals surface area contributed by atoms with Gasteiger partial charge in [0, 0.05) is 58.2 Å². The zero-order valence-electron chi connectivity index (χ0n) is 14.1. The first-order valence-electron chi connectivity index (χ1n) is 9.12. The maximum absolute atomic E-state index is 12.4. The number of aromatic nitrogens is 1. The van der Waals surface area contributed by atoms with Crippen LogP contribution in [-0.4, -0.2) is 72.3 Å². The van der Waals surface area contributed by atoms with Crippen LogP contribution in [0.3, 0.4) is 0 Å². The van der Waals surface area contributed by atoms with Gasteiger partial charge in [-0.25, -0.2) is 4.79 Å². The normalized spacial score (nSPS) is 24.0. The van der Waals surface area contributed by atoms with E-state index in [1.54, 1.807) is 11.3 Å². The molecule has 2 saturated heterocycles. The van der Waals surface area contributed by atoms with E-state index in [9.17, 15) is 4.79 Å². The van der Waals surface area contributed by atoms with Gasteiger partial charge in [-0.1, -0.05) is 6.42 Å². The first-order chi connectivity index (χ1) is 11.8. The molecule has 1 aromatic rings. The van der Waals surface area contributed by atoms with Gasteiger partial charge in [-0.3, -0.25) is 9.88 Å². The van der Waals surface area contributed by atoms with Crippen LogP contribution in [0.25, 0.3) is 0 Å². The second-order valence-corrected chi connectivity index (χ2v) is 7.88. The molecule has 0 bridgehead atoms. The van der Waals surface area contributed by atoms with Crippen LogP contribution in [0.2, 0.25) is 0 Å². The Bertz CT molecular complexity index is 533. The van der Waals surface area contributed by atoms with E-state index in [-0.39, 0.29) is 12.2 Å². The summed E-state index contributed by atoms with van der Waals surface area (Å²) in [6, 6.07) is 0.777. The molecule has 4 rings (SSSR count). The molecule has 3 fully saturated rings. The number of anilines is 1. The molecule has 1 amide bonds. The second-order valence-electron chi connectivity index (χ2n) is 7.02. The van der Waals surface area contributed by atoms with Gasteiger partial charge >= 0.3 is 6.09 Å². The average Bonchev–Trinajstić information content (AvgIpc) is 3.09. The standard InChI is InChI=1S/C17H26N4O2S/c22-17(21-10-8-19(9-11-21)14-2-1-3-14)23-15-4-6-20(7-5-15)16-12-18-13-24-16/h12-15H,1-11H2. The molecule has 2 aliphatic heterocycles. The van der Waals surface area contributed by atoms with E-state index in [2.05, 4.69) is 14.8 Å². The number of amides is 1. The summed E-state index contributed by atoms with van der Waals surface area (Å²) in [6.45, 7) is 5.52. The minimum absolute atomic E-state index is 0.0614. The van der Waals surface area contributed by atoms with Gasteiger partial charge in [0.1, 0.15) is 11.1 Å². The van der Waals surface area contributed by atoms with E-state index in [1.165, 1.54) is 24.3 Å². The smallest absolute Gasteiger partial charge is 0.410 e. The Kier molecular flexibility index (Phi) is 4.89. The van der Waals surface area contributed by atoms with Gasteiger partial charge in [0.15, 0.2) is 0 Å². The number of piperazine rings is 1. The van der Waals surface area contributed by atoms with Gasteiger partial charge in [-0.15, -0.1) is 11.3 Å². The minimum atomic E-state index is -0.112. The summed E-state index contributed by atoms with van der Waals surface area (Å²) in [6.07, 6.45) is 7.72. The van der Waals surface area contributed by atoms with Crippen LogP contribution in [0.15, 0.2) is 11.7 Å². The Morgan fingerprint density at radius 1 is 1.08 bits per heavy atom. The summed E-state index contributed by atoms with van der Waals surface area (Å²) in [4.78, 5) is 23.3. The molecule has 1 saturated carbocycles. The molecule has 1 aliphatic carbocycles. The van der Waals surface area contributed by atoms with Crippen molar-refractivity contribution in [1.29, 1.82) is 0 Å². The van der Waals surface area contributed by atoms with Crippen LogP contribution >= 0.6 is 11.3 Å². The number of hydrogen-bond donors (Lipinski definition) is 0. The largest absolute Gasteiger partial charge is 0.446 e. The lowest BCUT2D eigenvalue weighted by Gasteiger charge is -2.43. The summed E-state index contributed by atoms with van der Waals surface area (Å²) in [7, 11) is 0. The molecular weight excluding hydrogens is 324 g/mol. The van der Waals surface area contributed by atoms with E-state index in [4.69, 9.17) is 4.74 Å². The SMILES string of the molecule is O=C(OC1CCN(c2cncs2)CC1)N1CCN(C2CCC2)CC1. The highest BCUT2D eigenvalue weighted by molar-refractivity contribution is 7.13. The van der Waals surface area contributed by atoms with Gasteiger partial charge in [0.2, 0.25) is 0 Å². The third-order valence-corrected chi connectivity index (χ3v) is 6.44. The first kappa shape index (κ1) is 16.1. The third-order valence-electron chi connectivity index (χ3n) is 5.60. The molecule has 6 nitrogen and oxygen atoms in total. The van der Waals surface area contributed by atoms with Crippen LogP contribution in [0.4, 0.5) is 9.80 Å². The summed E-state index contributed by atoms with van der Waals surface area (Å²) in [5, 5.41) is 1.21. The molecule has 0 atom stereocenters. The van der Waals surface area contributed by atoms with E-state index in [1.807, 2.05) is 16.6 Å². The topological polar surface area (TPSA) is 48.9 Å².